The lowest BCUT2D eigenvalue weighted by molar-refractivity contribution is 0.112. The van der Waals surface area contributed by atoms with Crippen LogP contribution in [0.25, 0.3) is 0 Å². The van der Waals surface area contributed by atoms with E-state index in [0.717, 1.165) is 30.2 Å². The van der Waals surface area contributed by atoms with Gasteiger partial charge in [-0.05, 0) is 12.8 Å². The maximum atomic E-state index is 11.0. The third-order valence-electron chi connectivity index (χ3n) is 2.98. The van der Waals surface area contributed by atoms with E-state index >= 15 is 0 Å². The summed E-state index contributed by atoms with van der Waals surface area (Å²) >= 11 is 1.48. The van der Waals surface area contributed by atoms with Gasteiger partial charge in [0.15, 0.2) is 11.4 Å². The van der Waals surface area contributed by atoms with Crippen molar-refractivity contribution in [2.75, 3.05) is 25.1 Å². The average Bonchev–Trinajstić information content (AvgIpc) is 2.58. The van der Waals surface area contributed by atoms with Crippen LogP contribution in [0.2, 0.25) is 0 Å². The van der Waals surface area contributed by atoms with Crippen LogP contribution in [0.4, 0.5) is 5.13 Å². The van der Waals surface area contributed by atoms with Crippen LogP contribution in [0, 0.1) is 0 Å². The molecular formula is C12H18N2O2S. The fourth-order valence-electron chi connectivity index (χ4n) is 2.08. The van der Waals surface area contributed by atoms with Gasteiger partial charge in [-0.15, -0.1) is 0 Å². The van der Waals surface area contributed by atoms with Crippen LogP contribution in [0.15, 0.2) is 0 Å². The van der Waals surface area contributed by atoms with Gasteiger partial charge in [-0.25, -0.2) is 4.98 Å². The predicted molar refractivity (Wildman–Crippen MR) is 68.9 cm³/mol. The first-order valence-electron chi connectivity index (χ1n) is 6.04. The van der Waals surface area contributed by atoms with Crippen molar-refractivity contribution in [1.29, 1.82) is 0 Å². The number of rotatable bonds is 4. The molecule has 1 aromatic rings. The summed E-state index contributed by atoms with van der Waals surface area (Å²) in [7, 11) is 1.62. The quantitative estimate of drug-likeness (QED) is 0.774. The van der Waals surface area contributed by atoms with Gasteiger partial charge >= 0.3 is 0 Å². The van der Waals surface area contributed by atoms with E-state index in [2.05, 4.69) is 9.88 Å². The van der Waals surface area contributed by atoms with Crippen LogP contribution in [0.3, 0.4) is 0 Å². The van der Waals surface area contributed by atoms with Crippen LogP contribution in [-0.4, -0.2) is 31.5 Å². The predicted octanol–water partition coefficient (Wildman–Crippen LogP) is 2.48. The van der Waals surface area contributed by atoms with E-state index in [1.807, 2.05) is 0 Å². The van der Waals surface area contributed by atoms with Gasteiger partial charge in [0, 0.05) is 20.2 Å². The molecule has 0 aromatic carbocycles. The number of aromatic nitrogens is 1. The molecule has 1 fully saturated rings. The highest BCUT2D eigenvalue weighted by Gasteiger charge is 2.17. The third kappa shape index (κ3) is 3.04. The summed E-state index contributed by atoms with van der Waals surface area (Å²) in [5, 5.41) is 0.973. The second-order valence-electron chi connectivity index (χ2n) is 4.26. The summed E-state index contributed by atoms with van der Waals surface area (Å²) in [4.78, 5) is 18.5. The maximum absolute atomic E-state index is 11.0. The first-order valence-corrected chi connectivity index (χ1v) is 6.85. The smallest absolute Gasteiger partial charge is 0.186 e. The number of hydrogen-bond donors (Lipinski definition) is 0. The topological polar surface area (TPSA) is 42.4 Å². The Morgan fingerprint density at radius 1 is 1.35 bits per heavy atom. The highest BCUT2D eigenvalue weighted by Crippen LogP contribution is 2.27. The second-order valence-corrected chi connectivity index (χ2v) is 5.27. The molecule has 0 amide bonds. The van der Waals surface area contributed by atoms with Gasteiger partial charge in [0.05, 0.1) is 17.2 Å². The Balaban J connectivity index is 2.16. The molecule has 1 saturated heterocycles. The molecule has 17 heavy (non-hydrogen) atoms. The van der Waals surface area contributed by atoms with E-state index in [1.54, 1.807) is 7.11 Å². The Hall–Kier alpha value is -0.940. The zero-order valence-electron chi connectivity index (χ0n) is 10.1. The summed E-state index contributed by atoms with van der Waals surface area (Å²) < 4.78 is 5.06. The van der Waals surface area contributed by atoms with Gasteiger partial charge in [0.2, 0.25) is 0 Å². The summed E-state index contributed by atoms with van der Waals surface area (Å²) in [6.45, 7) is 2.52. The number of carbonyl (C=O) groups excluding carboxylic acids is 1. The molecule has 1 aliphatic heterocycles. The lowest BCUT2D eigenvalue weighted by Gasteiger charge is -2.18. The van der Waals surface area contributed by atoms with E-state index < -0.39 is 0 Å². The van der Waals surface area contributed by atoms with Crippen molar-refractivity contribution in [1.82, 2.24) is 4.98 Å². The number of nitrogens with zero attached hydrogens (tertiary/aromatic N) is 2. The molecule has 4 nitrogen and oxygen atoms in total. The fourth-order valence-corrected chi connectivity index (χ4v) is 3.01. The molecule has 0 spiro atoms. The number of carbonyl (C=O) groups is 1. The molecule has 0 N–H and O–H groups in total. The second kappa shape index (κ2) is 6.12. The zero-order chi connectivity index (χ0) is 12.1. The molecular weight excluding hydrogens is 236 g/mol. The van der Waals surface area contributed by atoms with Gasteiger partial charge in [0.1, 0.15) is 0 Å². The Morgan fingerprint density at radius 3 is 2.65 bits per heavy atom. The zero-order valence-corrected chi connectivity index (χ0v) is 11.0. The lowest BCUT2D eigenvalue weighted by Crippen LogP contribution is -2.23. The summed E-state index contributed by atoms with van der Waals surface area (Å²) in [6, 6.07) is 0. The molecule has 94 valence electrons. The van der Waals surface area contributed by atoms with Crippen molar-refractivity contribution < 1.29 is 9.53 Å². The van der Waals surface area contributed by atoms with Crippen molar-refractivity contribution in [2.24, 2.45) is 0 Å². The van der Waals surface area contributed by atoms with Crippen LogP contribution in [0.1, 0.15) is 41.0 Å². The van der Waals surface area contributed by atoms with E-state index in [-0.39, 0.29) is 0 Å². The number of ether oxygens (including phenoxy) is 1. The molecule has 2 rings (SSSR count). The van der Waals surface area contributed by atoms with E-state index in [4.69, 9.17) is 4.74 Å². The minimum atomic E-state index is 0.415. The molecule has 1 aliphatic rings. The Bertz CT molecular complexity index is 371. The van der Waals surface area contributed by atoms with Crippen LogP contribution >= 0.6 is 11.3 Å². The summed E-state index contributed by atoms with van der Waals surface area (Å²) in [5.74, 6) is 0. The normalized spacial score (nSPS) is 16.9. The monoisotopic (exact) mass is 254 g/mol. The van der Waals surface area contributed by atoms with Crippen LogP contribution in [-0.2, 0) is 11.3 Å². The standard InChI is InChI=1S/C12H18N2O2S/c1-16-9-10-11(8-15)17-12(13-10)14-6-4-2-3-5-7-14/h8H,2-7,9H2,1H3. The van der Waals surface area contributed by atoms with Crippen molar-refractivity contribution in [3.05, 3.63) is 10.6 Å². The molecule has 0 unspecified atom stereocenters. The Labute approximate surface area is 106 Å². The minimum Gasteiger partial charge on any atom is -0.378 e. The Morgan fingerprint density at radius 2 is 2.06 bits per heavy atom. The van der Waals surface area contributed by atoms with Crippen LogP contribution in [0.5, 0.6) is 0 Å². The number of aldehydes is 1. The van der Waals surface area contributed by atoms with E-state index in [0.29, 0.717) is 11.5 Å². The molecule has 1 aromatic heterocycles. The lowest BCUT2D eigenvalue weighted by atomic mass is 10.2. The van der Waals surface area contributed by atoms with Gasteiger partial charge in [0.25, 0.3) is 0 Å². The summed E-state index contributed by atoms with van der Waals surface area (Å²) in [5.41, 5.74) is 0.770. The first-order chi connectivity index (χ1) is 8.35. The molecule has 0 saturated carbocycles. The van der Waals surface area contributed by atoms with E-state index in [9.17, 15) is 4.79 Å². The highest BCUT2D eigenvalue weighted by molar-refractivity contribution is 7.17. The van der Waals surface area contributed by atoms with E-state index in [1.165, 1.54) is 37.0 Å². The third-order valence-corrected chi connectivity index (χ3v) is 4.06. The minimum absolute atomic E-state index is 0.415. The van der Waals surface area contributed by atoms with Gasteiger partial charge < -0.3 is 9.64 Å². The number of hydrogen-bond acceptors (Lipinski definition) is 5. The van der Waals surface area contributed by atoms with Gasteiger partial charge in [-0.1, -0.05) is 24.2 Å². The van der Waals surface area contributed by atoms with Gasteiger partial charge in [-0.2, -0.15) is 0 Å². The molecule has 0 atom stereocenters. The van der Waals surface area contributed by atoms with Crippen molar-refractivity contribution in [3.63, 3.8) is 0 Å². The van der Waals surface area contributed by atoms with Crippen LogP contribution < -0.4 is 4.90 Å². The highest BCUT2D eigenvalue weighted by atomic mass is 32.1. The fraction of sp³-hybridized carbons (Fsp3) is 0.667. The van der Waals surface area contributed by atoms with Crippen molar-refractivity contribution >= 4 is 22.8 Å². The number of methoxy groups -OCH3 is 1. The Kier molecular flexibility index (Phi) is 4.50. The van der Waals surface area contributed by atoms with Gasteiger partial charge in [-0.3, -0.25) is 4.79 Å². The maximum Gasteiger partial charge on any atom is 0.186 e. The van der Waals surface area contributed by atoms with Crippen molar-refractivity contribution in [3.8, 4) is 0 Å². The molecule has 2 heterocycles. The number of thiazole rings is 1. The SMILES string of the molecule is COCc1nc(N2CCCCCC2)sc1C=O. The number of anilines is 1. The molecule has 0 radical (unpaired) electrons. The molecule has 0 bridgehead atoms. The molecule has 0 aliphatic carbocycles. The first kappa shape index (κ1) is 12.5. The summed E-state index contributed by atoms with van der Waals surface area (Å²) in [6.07, 6.45) is 5.92. The van der Waals surface area contributed by atoms with Crippen molar-refractivity contribution in [2.45, 2.75) is 32.3 Å². The molecule has 5 heteroatoms. The largest absolute Gasteiger partial charge is 0.378 e. The average molecular weight is 254 g/mol.